The second-order valence-electron chi connectivity index (χ2n) is 4.00. The SMILES string of the molecule is C[C@H](N)c1c(F)cccc1Oc1ccc(F)cc1. The predicted molar refractivity (Wildman–Crippen MR) is 65.5 cm³/mol. The molecular formula is C14H13F2NO. The first-order valence-electron chi connectivity index (χ1n) is 5.55. The molecule has 0 aliphatic heterocycles. The third kappa shape index (κ3) is 2.65. The molecule has 18 heavy (non-hydrogen) atoms. The number of hydrogen-bond donors (Lipinski definition) is 1. The van der Waals surface area contributed by atoms with Crippen LogP contribution in [0.4, 0.5) is 8.78 Å². The van der Waals surface area contributed by atoms with E-state index in [1.165, 1.54) is 30.3 Å². The Morgan fingerprint density at radius 1 is 1.06 bits per heavy atom. The Bertz CT molecular complexity index is 538. The molecule has 2 nitrogen and oxygen atoms in total. The third-order valence-electron chi connectivity index (χ3n) is 2.51. The molecule has 0 saturated heterocycles. The van der Waals surface area contributed by atoms with Gasteiger partial charge < -0.3 is 10.5 Å². The van der Waals surface area contributed by atoms with Crippen molar-refractivity contribution in [2.45, 2.75) is 13.0 Å². The molecule has 0 heterocycles. The molecule has 0 spiro atoms. The van der Waals surface area contributed by atoms with Gasteiger partial charge in [-0.05, 0) is 43.3 Å². The lowest BCUT2D eigenvalue weighted by Crippen LogP contribution is -2.09. The largest absolute Gasteiger partial charge is 0.457 e. The van der Waals surface area contributed by atoms with E-state index in [9.17, 15) is 8.78 Å². The van der Waals surface area contributed by atoms with Crippen molar-refractivity contribution < 1.29 is 13.5 Å². The minimum atomic E-state index is -0.485. The summed E-state index contributed by atoms with van der Waals surface area (Å²) in [6, 6.07) is 9.53. The van der Waals surface area contributed by atoms with E-state index in [1.807, 2.05) is 0 Å². The molecule has 0 aromatic heterocycles. The first-order valence-corrected chi connectivity index (χ1v) is 5.55. The lowest BCUT2D eigenvalue weighted by Gasteiger charge is -2.14. The third-order valence-corrected chi connectivity index (χ3v) is 2.51. The van der Waals surface area contributed by atoms with E-state index in [-0.39, 0.29) is 5.82 Å². The van der Waals surface area contributed by atoms with Crippen molar-refractivity contribution in [2.24, 2.45) is 5.73 Å². The lowest BCUT2D eigenvalue weighted by atomic mass is 10.1. The summed E-state index contributed by atoms with van der Waals surface area (Å²) < 4.78 is 31.9. The van der Waals surface area contributed by atoms with Gasteiger partial charge >= 0.3 is 0 Å². The number of ether oxygens (including phenoxy) is 1. The predicted octanol–water partition coefficient (Wildman–Crippen LogP) is 3.78. The molecule has 0 unspecified atom stereocenters. The molecule has 0 fully saturated rings. The normalized spacial score (nSPS) is 12.2. The molecule has 0 saturated carbocycles. The summed E-state index contributed by atoms with van der Waals surface area (Å²) in [4.78, 5) is 0. The quantitative estimate of drug-likeness (QED) is 0.898. The summed E-state index contributed by atoms with van der Waals surface area (Å²) >= 11 is 0. The molecule has 4 heteroatoms. The monoisotopic (exact) mass is 249 g/mol. The molecule has 2 aromatic carbocycles. The van der Waals surface area contributed by atoms with Crippen LogP contribution in [-0.4, -0.2) is 0 Å². The minimum absolute atomic E-state index is 0.307. The molecule has 1 atom stereocenters. The zero-order valence-electron chi connectivity index (χ0n) is 9.86. The van der Waals surface area contributed by atoms with Gasteiger partial charge in [0.05, 0.1) is 0 Å². The van der Waals surface area contributed by atoms with Gasteiger partial charge in [-0.3, -0.25) is 0 Å². The first-order chi connectivity index (χ1) is 8.58. The zero-order valence-corrected chi connectivity index (χ0v) is 9.86. The molecule has 0 aliphatic carbocycles. The van der Waals surface area contributed by atoms with Gasteiger partial charge in [-0.1, -0.05) is 6.07 Å². The zero-order chi connectivity index (χ0) is 13.1. The molecule has 0 amide bonds. The van der Waals surface area contributed by atoms with Crippen LogP contribution in [0.3, 0.4) is 0 Å². The fourth-order valence-corrected chi connectivity index (χ4v) is 1.68. The summed E-state index contributed by atoms with van der Waals surface area (Å²) in [7, 11) is 0. The molecule has 0 radical (unpaired) electrons. The van der Waals surface area contributed by atoms with Crippen LogP contribution in [0.15, 0.2) is 42.5 Å². The van der Waals surface area contributed by atoms with Crippen molar-refractivity contribution in [3.8, 4) is 11.5 Å². The topological polar surface area (TPSA) is 35.2 Å². The Labute approximate surface area is 104 Å². The lowest BCUT2D eigenvalue weighted by molar-refractivity contribution is 0.459. The fourth-order valence-electron chi connectivity index (χ4n) is 1.68. The van der Waals surface area contributed by atoms with Crippen molar-refractivity contribution >= 4 is 0 Å². The number of nitrogens with two attached hydrogens (primary N) is 1. The highest BCUT2D eigenvalue weighted by atomic mass is 19.1. The average Bonchev–Trinajstić information content (AvgIpc) is 2.32. The van der Waals surface area contributed by atoms with Crippen LogP contribution < -0.4 is 10.5 Å². The maximum absolute atomic E-state index is 13.6. The highest BCUT2D eigenvalue weighted by Gasteiger charge is 2.14. The summed E-state index contributed by atoms with van der Waals surface area (Å²) in [6.45, 7) is 1.68. The van der Waals surface area contributed by atoms with Crippen LogP contribution in [0.25, 0.3) is 0 Å². The number of halogens is 2. The van der Waals surface area contributed by atoms with Gasteiger partial charge in [0.1, 0.15) is 23.1 Å². The molecule has 2 aromatic rings. The van der Waals surface area contributed by atoms with Crippen LogP contribution >= 0.6 is 0 Å². The molecule has 0 bridgehead atoms. The minimum Gasteiger partial charge on any atom is -0.457 e. The second kappa shape index (κ2) is 5.14. The number of hydrogen-bond acceptors (Lipinski definition) is 2. The summed E-state index contributed by atoms with van der Waals surface area (Å²) in [6.07, 6.45) is 0. The Kier molecular flexibility index (Phi) is 3.58. The van der Waals surface area contributed by atoms with Crippen molar-refractivity contribution in [3.63, 3.8) is 0 Å². The average molecular weight is 249 g/mol. The Morgan fingerprint density at radius 3 is 2.33 bits per heavy atom. The molecular weight excluding hydrogens is 236 g/mol. The molecule has 94 valence electrons. The molecule has 0 aliphatic rings. The van der Waals surface area contributed by atoms with Crippen LogP contribution in [0, 0.1) is 11.6 Å². The van der Waals surface area contributed by atoms with E-state index in [0.29, 0.717) is 17.1 Å². The van der Waals surface area contributed by atoms with E-state index >= 15 is 0 Å². The van der Waals surface area contributed by atoms with Crippen molar-refractivity contribution in [1.82, 2.24) is 0 Å². The van der Waals surface area contributed by atoms with E-state index in [1.54, 1.807) is 19.1 Å². The fraction of sp³-hybridized carbons (Fsp3) is 0.143. The number of benzene rings is 2. The summed E-state index contributed by atoms with van der Waals surface area (Å²) in [5, 5.41) is 0. The van der Waals surface area contributed by atoms with E-state index in [4.69, 9.17) is 10.5 Å². The van der Waals surface area contributed by atoms with Crippen molar-refractivity contribution in [1.29, 1.82) is 0 Å². The van der Waals surface area contributed by atoms with Gasteiger partial charge in [-0.15, -0.1) is 0 Å². The van der Waals surface area contributed by atoms with Gasteiger partial charge in [-0.25, -0.2) is 8.78 Å². The highest BCUT2D eigenvalue weighted by molar-refractivity contribution is 5.40. The van der Waals surface area contributed by atoms with E-state index < -0.39 is 11.9 Å². The standard InChI is InChI=1S/C14H13F2NO/c1-9(17)14-12(16)3-2-4-13(14)18-11-7-5-10(15)6-8-11/h2-9H,17H2,1H3/t9-/m0/s1. The smallest absolute Gasteiger partial charge is 0.135 e. The molecule has 2 rings (SSSR count). The van der Waals surface area contributed by atoms with Gasteiger partial charge in [0, 0.05) is 11.6 Å². The van der Waals surface area contributed by atoms with Crippen LogP contribution in [0.1, 0.15) is 18.5 Å². The maximum atomic E-state index is 13.6. The van der Waals surface area contributed by atoms with E-state index in [2.05, 4.69) is 0 Å². The van der Waals surface area contributed by atoms with Crippen LogP contribution in [0.2, 0.25) is 0 Å². The van der Waals surface area contributed by atoms with Crippen molar-refractivity contribution in [2.75, 3.05) is 0 Å². The Morgan fingerprint density at radius 2 is 1.72 bits per heavy atom. The second-order valence-corrected chi connectivity index (χ2v) is 4.00. The van der Waals surface area contributed by atoms with Gasteiger partial charge in [0.2, 0.25) is 0 Å². The van der Waals surface area contributed by atoms with Gasteiger partial charge in [0.15, 0.2) is 0 Å². The van der Waals surface area contributed by atoms with Crippen molar-refractivity contribution in [3.05, 3.63) is 59.7 Å². The summed E-state index contributed by atoms with van der Waals surface area (Å²) in [5.74, 6) is 0.0131. The van der Waals surface area contributed by atoms with Gasteiger partial charge in [0.25, 0.3) is 0 Å². The first kappa shape index (κ1) is 12.5. The number of rotatable bonds is 3. The van der Waals surface area contributed by atoms with Crippen LogP contribution in [-0.2, 0) is 0 Å². The summed E-state index contributed by atoms with van der Waals surface area (Å²) in [5.41, 5.74) is 6.02. The highest BCUT2D eigenvalue weighted by Crippen LogP contribution is 2.30. The van der Waals surface area contributed by atoms with Crippen LogP contribution in [0.5, 0.6) is 11.5 Å². The Hall–Kier alpha value is -1.94. The molecule has 2 N–H and O–H groups in total. The van der Waals surface area contributed by atoms with E-state index in [0.717, 1.165) is 0 Å². The van der Waals surface area contributed by atoms with Gasteiger partial charge in [-0.2, -0.15) is 0 Å². The Balaban J connectivity index is 2.34. The maximum Gasteiger partial charge on any atom is 0.135 e.